The van der Waals surface area contributed by atoms with E-state index >= 15 is 0 Å². The summed E-state index contributed by atoms with van der Waals surface area (Å²) in [5.41, 5.74) is 3.92. The van der Waals surface area contributed by atoms with E-state index in [0.29, 0.717) is 87.7 Å². The van der Waals surface area contributed by atoms with Crippen molar-refractivity contribution in [2.45, 2.75) is 117 Å². The van der Waals surface area contributed by atoms with E-state index in [9.17, 15) is 31.9 Å². The molecule has 0 bridgehead atoms. The number of aryl methyl sites for hydroxylation is 2. The molecule has 0 unspecified atom stereocenters. The first-order chi connectivity index (χ1) is 37.9. The van der Waals surface area contributed by atoms with Crippen LogP contribution < -0.4 is 44.9 Å². The standard InChI is InChI=1S/C32H39F2N3O6.C27H31F2N3O4/c1-21-17-29(38)36(26-19-24(42-30(33)34)6-7-25(21)26)14-13-35-11-9-23(10-12-35)37(31(39)43-32(2,3)4)20-22-5-8-27-28(18-22)41-16-15-40-27;1-18-14-26(33)32(23-16-21(36-27(28)29)3-4-22(18)23)11-10-31-8-6-20(7-9-31)30-17-19-2-5-24-25(15-19)35-13-12-34-24/h5-8,17-19,23,30H,9-16,20H2,1-4H3;2-5,14-16,20,27,30H,6-13,17H2,1H3. The first-order valence-corrected chi connectivity index (χ1v) is 27.1. The molecular formula is C59H70F4N6O10. The van der Waals surface area contributed by atoms with Gasteiger partial charge in [0.15, 0.2) is 23.0 Å². The van der Waals surface area contributed by atoms with Gasteiger partial charge in [0.25, 0.3) is 11.1 Å². The normalized spacial score (nSPS) is 16.2. The number of carbonyl (C=O) groups excluding carboxylic acids is 1. The second kappa shape index (κ2) is 25.4. The monoisotopic (exact) mass is 1100 g/mol. The van der Waals surface area contributed by atoms with Crippen LogP contribution in [-0.2, 0) is 30.9 Å². The Balaban J connectivity index is 0.000000195. The number of fused-ring (bicyclic) bond motifs is 4. The van der Waals surface area contributed by atoms with Crippen LogP contribution >= 0.6 is 0 Å². The Bertz CT molecular complexity index is 3210. The van der Waals surface area contributed by atoms with Crippen LogP contribution in [0.1, 0.15) is 68.7 Å². The van der Waals surface area contributed by atoms with Crippen LogP contribution in [0.2, 0.25) is 0 Å². The third-order valence-electron chi connectivity index (χ3n) is 14.7. The van der Waals surface area contributed by atoms with Crippen molar-refractivity contribution in [2.75, 3.05) is 65.7 Å². The molecule has 0 saturated carbocycles. The second-order valence-electron chi connectivity index (χ2n) is 21.4. The highest BCUT2D eigenvalue weighted by Crippen LogP contribution is 2.34. The molecule has 6 heterocycles. The van der Waals surface area contributed by atoms with E-state index in [1.807, 2.05) is 65.0 Å². The fourth-order valence-corrected chi connectivity index (χ4v) is 10.7. The molecular weight excluding hydrogens is 1030 g/mol. The zero-order valence-electron chi connectivity index (χ0n) is 45.5. The highest BCUT2D eigenvalue weighted by molar-refractivity contribution is 5.84. The van der Waals surface area contributed by atoms with Crippen molar-refractivity contribution < 1.29 is 55.5 Å². The van der Waals surface area contributed by atoms with Crippen LogP contribution in [0.15, 0.2) is 94.5 Å². The third-order valence-corrected chi connectivity index (χ3v) is 14.7. The number of benzene rings is 4. The summed E-state index contributed by atoms with van der Waals surface area (Å²) in [7, 11) is 0. The van der Waals surface area contributed by atoms with Crippen molar-refractivity contribution in [1.29, 1.82) is 0 Å². The molecule has 79 heavy (non-hydrogen) atoms. The molecule has 2 saturated heterocycles. The van der Waals surface area contributed by atoms with Crippen molar-refractivity contribution in [3.8, 4) is 34.5 Å². The minimum Gasteiger partial charge on any atom is -0.486 e. The van der Waals surface area contributed by atoms with Gasteiger partial charge in [0.05, 0.1) is 11.0 Å². The van der Waals surface area contributed by atoms with E-state index in [0.717, 1.165) is 97.4 Å². The van der Waals surface area contributed by atoms with E-state index in [4.69, 9.17) is 23.7 Å². The molecule has 6 aromatic rings. The lowest BCUT2D eigenvalue weighted by atomic mass is 10.0. The maximum absolute atomic E-state index is 13.4. The summed E-state index contributed by atoms with van der Waals surface area (Å²) in [4.78, 5) is 45.5. The lowest BCUT2D eigenvalue weighted by Crippen LogP contribution is -2.49. The molecule has 1 amide bonds. The average molecular weight is 1100 g/mol. The average Bonchev–Trinajstić information content (AvgIpc) is 3.46. The van der Waals surface area contributed by atoms with Gasteiger partial charge in [0, 0.05) is 99.5 Å². The molecule has 4 aliphatic rings. The number of likely N-dealkylation sites (tertiary alicyclic amines) is 2. The smallest absolute Gasteiger partial charge is 0.410 e. The first kappa shape index (κ1) is 56.7. The van der Waals surface area contributed by atoms with Crippen molar-refractivity contribution >= 4 is 27.9 Å². The van der Waals surface area contributed by atoms with Gasteiger partial charge in [-0.3, -0.25) is 9.59 Å². The van der Waals surface area contributed by atoms with Gasteiger partial charge < -0.3 is 62.3 Å². The van der Waals surface area contributed by atoms with Crippen LogP contribution in [-0.4, -0.2) is 127 Å². The second-order valence-corrected chi connectivity index (χ2v) is 21.4. The van der Waals surface area contributed by atoms with Gasteiger partial charge in [-0.15, -0.1) is 0 Å². The fraction of sp³-hybridized carbons (Fsp3) is 0.475. The first-order valence-electron chi connectivity index (χ1n) is 27.1. The van der Waals surface area contributed by atoms with E-state index in [1.165, 1.54) is 29.8 Å². The Morgan fingerprint density at radius 1 is 0.608 bits per heavy atom. The van der Waals surface area contributed by atoms with Gasteiger partial charge in [0.2, 0.25) is 0 Å². The molecule has 10 rings (SSSR count). The topological polar surface area (TPSA) is 147 Å². The number of piperidine rings is 2. The Hall–Kier alpha value is -7.03. The third kappa shape index (κ3) is 14.8. The van der Waals surface area contributed by atoms with Gasteiger partial charge in [-0.1, -0.05) is 12.1 Å². The maximum Gasteiger partial charge on any atom is 0.410 e. The van der Waals surface area contributed by atoms with Gasteiger partial charge in [-0.25, -0.2) is 4.79 Å². The lowest BCUT2D eigenvalue weighted by molar-refractivity contribution is -0.0504. The Morgan fingerprint density at radius 3 is 1.54 bits per heavy atom. The minimum atomic E-state index is -2.95. The summed E-state index contributed by atoms with van der Waals surface area (Å²) in [6.07, 6.45) is 3.14. The lowest BCUT2D eigenvalue weighted by Gasteiger charge is -2.39. The molecule has 0 spiro atoms. The van der Waals surface area contributed by atoms with E-state index in [-0.39, 0.29) is 34.8 Å². The zero-order valence-corrected chi connectivity index (χ0v) is 45.5. The number of nitrogens with zero attached hydrogens (tertiary/aromatic N) is 5. The summed E-state index contributed by atoms with van der Waals surface area (Å²) in [5.74, 6) is 3.06. The van der Waals surface area contributed by atoms with E-state index in [2.05, 4.69) is 30.7 Å². The molecule has 2 aromatic heterocycles. The van der Waals surface area contributed by atoms with E-state index in [1.54, 1.807) is 38.3 Å². The number of aromatic nitrogens is 2. The molecule has 4 aliphatic heterocycles. The van der Waals surface area contributed by atoms with Gasteiger partial charge in [-0.05, 0) is 144 Å². The quantitative estimate of drug-likeness (QED) is 0.0919. The molecule has 0 aliphatic carbocycles. The largest absolute Gasteiger partial charge is 0.486 e. The molecule has 4 aromatic carbocycles. The summed E-state index contributed by atoms with van der Waals surface area (Å²) in [5, 5.41) is 5.32. The SMILES string of the molecule is Cc1cc(=O)n(CCN2CCC(N(Cc3ccc4c(c3)OCCO4)C(=O)OC(C)(C)C)CC2)c2cc(OC(F)F)ccc12.Cc1cc(=O)n(CCN2CCC(NCc3ccc4c(c3)OCCO4)CC2)c2cc(OC(F)F)ccc12. The Kier molecular flexibility index (Phi) is 18.2. The van der Waals surface area contributed by atoms with E-state index < -0.39 is 18.8 Å². The Morgan fingerprint density at radius 2 is 1.06 bits per heavy atom. The number of halogens is 4. The number of ether oxygens (including phenoxy) is 7. The molecule has 0 atom stereocenters. The van der Waals surface area contributed by atoms with Crippen molar-refractivity contribution in [1.82, 2.24) is 29.2 Å². The predicted molar refractivity (Wildman–Crippen MR) is 292 cm³/mol. The highest BCUT2D eigenvalue weighted by atomic mass is 19.3. The van der Waals surface area contributed by atoms with Crippen LogP contribution in [0, 0.1) is 13.8 Å². The molecule has 20 heteroatoms. The minimum absolute atomic E-state index is 0.0160. The molecule has 2 fully saturated rings. The summed E-state index contributed by atoms with van der Waals surface area (Å²) in [6.45, 7) is 12.2. The number of carbonyl (C=O) groups is 1. The molecule has 16 nitrogen and oxygen atoms in total. The van der Waals surface area contributed by atoms with Gasteiger partial charge >= 0.3 is 19.3 Å². The van der Waals surface area contributed by atoms with Gasteiger partial charge in [0.1, 0.15) is 43.5 Å². The molecule has 424 valence electrons. The van der Waals surface area contributed by atoms with Crippen LogP contribution in [0.5, 0.6) is 34.5 Å². The van der Waals surface area contributed by atoms with Crippen LogP contribution in [0.3, 0.4) is 0 Å². The highest BCUT2D eigenvalue weighted by Gasteiger charge is 2.32. The zero-order chi connectivity index (χ0) is 55.8. The number of amides is 1. The fourth-order valence-electron chi connectivity index (χ4n) is 10.7. The molecule has 1 N–H and O–H groups in total. The Labute approximate surface area is 456 Å². The van der Waals surface area contributed by atoms with Crippen LogP contribution in [0.4, 0.5) is 22.4 Å². The number of nitrogens with one attached hydrogen (secondary N) is 1. The number of alkyl halides is 4. The molecule has 0 radical (unpaired) electrons. The van der Waals surface area contributed by atoms with Crippen molar-refractivity contribution in [3.63, 3.8) is 0 Å². The summed E-state index contributed by atoms with van der Waals surface area (Å²) in [6, 6.07) is 24.8. The van der Waals surface area contributed by atoms with Crippen molar-refractivity contribution in [2.24, 2.45) is 0 Å². The number of pyridine rings is 2. The maximum atomic E-state index is 13.4. The number of rotatable bonds is 16. The summed E-state index contributed by atoms with van der Waals surface area (Å²) >= 11 is 0. The number of hydrogen-bond acceptors (Lipinski definition) is 13. The predicted octanol–water partition coefficient (Wildman–Crippen LogP) is 9.52. The summed E-state index contributed by atoms with van der Waals surface area (Å²) < 4.78 is 92.0. The number of hydrogen-bond donors (Lipinski definition) is 1. The van der Waals surface area contributed by atoms with Gasteiger partial charge in [-0.2, -0.15) is 17.6 Å². The van der Waals surface area contributed by atoms with Crippen molar-refractivity contribution in [3.05, 3.63) is 128 Å². The van der Waals surface area contributed by atoms with Crippen LogP contribution in [0.25, 0.3) is 21.8 Å².